The molecular weight excluding hydrogens is 252 g/mol. The fraction of sp³-hybridized carbons (Fsp3) is 0.625. The van der Waals surface area contributed by atoms with Gasteiger partial charge in [0.2, 0.25) is 0 Å². The molecule has 1 aromatic carbocycles. The number of nitrogens with zero attached hydrogens (tertiary/aromatic N) is 1. The fourth-order valence-corrected chi connectivity index (χ4v) is 2.72. The zero-order valence-electron chi connectivity index (χ0n) is 12.5. The van der Waals surface area contributed by atoms with E-state index in [0.717, 1.165) is 44.8 Å². The Hall–Kier alpha value is -1.10. The Labute approximate surface area is 121 Å². The first kappa shape index (κ1) is 15.3. The summed E-state index contributed by atoms with van der Waals surface area (Å²) in [6.07, 6.45) is 1.19. The van der Waals surface area contributed by atoms with E-state index in [4.69, 9.17) is 4.74 Å². The number of phenolic OH excluding ortho intramolecular Hbond substituents is 1. The highest BCUT2D eigenvalue weighted by atomic mass is 16.5. The smallest absolute Gasteiger partial charge is 0.120 e. The van der Waals surface area contributed by atoms with Crippen molar-refractivity contribution < 1.29 is 9.84 Å². The Morgan fingerprint density at radius 3 is 2.90 bits per heavy atom. The first-order valence-electron chi connectivity index (χ1n) is 7.59. The molecule has 0 saturated carbocycles. The number of benzene rings is 1. The molecule has 0 aromatic heterocycles. The number of ether oxygens (including phenoxy) is 1. The van der Waals surface area contributed by atoms with Crippen molar-refractivity contribution in [3.63, 3.8) is 0 Å². The van der Waals surface area contributed by atoms with Crippen molar-refractivity contribution in [3.05, 3.63) is 29.8 Å². The quantitative estimate of drug-likeness (QED) is 0.837. The summed E-state index contributed by atoms with van der Waals surface area (Å²) < 4.78 is 5.80. The molecule has 2 N–H and O–H groups in total. The first-order valence-corrected chi connectivity index (χ1v) is 7.59. The SMILES string of the molecule is CCC(NCC1CN(CC)CCO1)c1ccccc1O. The maximum absolute atomic E-state index is 9.95. The highest BCUT2D eigenvalue weighted by molar-refractivity contribution is 5.34. The number of aromatic hydroxyl groups is 1. The molecule has 4 nitrogen and oxygen atoms in total. The number of morpholine rings is 1. The molecule has 0 bridgehead atoms. The second-order valence-electron chi connectivity index (χ2n) is 5.31. The van der Waals surface area contributed by atoms with Gasteiger partial charge in [-0.25, -0.2) is 0 Å². The van der Waals surface area contributed by atoms with Gasteiger partial charge in [-0.05, 0) is 19.0 Å². The lowest BCUT2D eigenvalue weighted by atomic mass is 10.0. The minimum Gasteiger partial charge on any atom is -0.508 e. The molecule has 1 heterocycles. The lowest BCUT2D eigenvalue weighted by Crippen LogP contribution is -2.46. The molecule has 1 aromatic rings. The molecule has 2 atom stereocenters. The van der Waals surface area contributed by atoms with Crippen LogP contribution < -0.4 is 5.32 Å². The molecule has 112 valence electrons. The van der Waals surface area contributed by atoms with Gasteiger partial charge in [-0.15, -0.1) is 0 Å². The maximum atomic E-state index is 9.95. The monoisotopic (exact) mass is 278 g/mol. The van der Waals surface area contributed by atoms with Crippen LogP contribution in [0.25, 0.3) is 0 Å². The Morgan fingerprint density at radius 2 is 2.20 bits per heavy atom. The molecule has 0 amide bonds. The van der Waals surface area contributed by atoms with Crippen molar-refractivity contribution in [2.75, 3.05) is 32.8 Å². The predicted octanol–water partition coefficient (Wildman–Crippen LogP) is 2.15. The van der Waals surface area contributed by atoms with Crippen molar-refractivity contribution in [2.45, 2.75) is 32.4 Å². The van der Waals surface area contributed by atoms with Crippen molar-refractivity contribution >= 4 is 0 Å². The normalized spacial score (nSPS) is 21.8. The summed E-state index contributed by atoms with van der Waals surface area (Å²) in [7, 11) is 0. The Bertz CT molecular complexity index is 411. The van der Waals surface area contributed by atoms with Gasteiger partial charge in [0.25, 0.3) is 0 Å². The van der Waals surface area contributed by atoms with Gasteiger partial charge in [0.05, 0.1) is 12.7 Å². The standard InChI is InChI=1S/C16H26N2O2/c1-3-15(14-7-5-6-8-16(14)19)17-11-13-12-18(4-2)9-10-20-13/h5-8,13,15,17,19H,3-4,9-12H2,1-2H3. The predicted molar refractivity (Wildman–Crippen MR) is 81.0 cm³/mol. The van der Waals surface area contributed by atoms with E-state index >= 15 is 0 Å². The lowest BCUT2D eigenvalue weighted by molar-refractivity contribution is -0.0264. The van der Waals surface area contributed by atoms with Crippen LogP contribution in [0.15, 0.2) is 24.3 Å². The molecular formula is C16H26N2O2. The van der Waals surface area contributed by atoms with E-state index < -0.39 is 0 Å². The highest BCUT2D eigenvalue weighted by Gasteiger charge is 2.21. The Morgan fingerprint density at radius 1 is 1.40 bits per heavy atom. The average molecular weight is 278 g/mol. The highest BCUT2D eigenvalue weighted by Crippen LogP contribution is 2.25. The third-order valence-electron chi connectivity index (χ3n) is 3.98. The van der Waals surface area contributed by atoms with Crippen LogP contribution in [0.5, 0.6) is 5.75 Å². The fourth-order valence-electron chi connectivity index (χ4n) is 2.72. The summed E-state index contributed by atoms with van der Waals surface area (Å²) in [5, 5.41) is 13.5. The van der Waals surface area contributed by atoms with Crippen LogP contribution in [0.1, 0.15) is 31.9 Å². The van der Waals surface area contributed by atoms with Crippen LogP contribution in [0.2, 0.25) is 0 Å². The maximum Gasteiger partial charge on any atom is 0.120 e. The Kier molecular flexibility index (Phi) is 5.83. The van der Waals surface area contributed by atoms with Gasteiger partial charge in [0.15, 0.2) is 0 Å². The van der Waals surface area contributed by atoms with Crippen LogP contribution in [-0.2, 0) is 4.74 Å². The number of nitrogens with one attached hydrogen (secondary N) is 1. The van der Waals surface area contributed by atoms with Crippen molar-refractivity contribution in [2.24, 2.45) is 0 Å². The minimum atomic E-state index is 0.178. The number of hydrogen-bond acceptors (Lipinski definition) is 4. The van der Waals surface area contributed by atoms with Crippen LogP contribution in [0, 0.1) is 0 Å². The van der Waals surface area contributed by atoms with Crippen LogP contribution >= 0.6 is 0 Å². The van der Waals surface area contributed by atoms with Crippen LogP contribution in [0.4, 0.5) is 0 Å². The minimum absolute atomic E-state index is 0.178. The largest absolute Gasteiger partial charge is 0.508 e. The molecule has 1 fully saturated rings. The van der Waals surface area contributed by atoms with Gasteiger partial charge in [0, 0.05) is 31.2 Å². The molecule has 0 aliphatic carbocycles. The van der Waals surface area contributed by atoms with E-state index in [0.29, 0.717) is 5.75 Å². The van der Waals surface area contributed by atoms with Gasteiger partial charge >= 0.3 is 0 Å². The molecule has 0 radical (unpaired) electrons. The first-order chi connectivity index (χ1) is 9.74. The van der Waals surface area contributed by atoms with Crippen molar-refractivity contribution in [1.29, 1.82) is 0 Å². The van der Waals surface area contributed by atoms with E-state index in [1.54, 1.807) is 6.07 Å². The summed E-state index contributed by atoms with van der Waals surface area (Å²) in [5.74, 6) is 0.367. The van der Waals surface area contributed by atoms with E-state index in [1.807, 2.05) is 18.2 Å². The van der Waals surface area contributed by atoms with Crippen molar-refractivity contribution in [3.8, 4) is 5.75 Å². The summed E-state index contributed by atoms with van der Waals surface area (Å²) in [6, 6.07) is 7.73. The number of rotatable bonds is 6. The molecule has 0 spiro atoms. The number of phenols is 1. The lowest BCUT2D eigenvalue weighted by Gasteiger charge is -2.33. The van der Waals surface area contributed by atoms with Crippen LogP contribution in [0.3, 0.4) is 0 Å². The number of para-hydroxylation sites is 1. The molecule has 4 heteroatoms. The molecule has 2 rings (SSSR count). The third kappa shape index (κ3) is 3.95. The van der Waals surface area contributed by atoms with Crippen molar-refractivity contribution in [1.82, 2.24) is 10.2 Å². The van der Waals surface area contributed by atoms with Gasteiger partial charge in [-0.1, -0.05) is 32.0 Å². The topological polar surface area (TPSA) is 44.7 Å². The summed E-state index contributed by atoms with van der Waals surface area (Å²) in [4.78, 5) is 2.41. The summed E-state index contributed by atoms with van der Waals surface area (Å²) in [5.41, 5.74) is 0.971. The van der Waals surface area contributed by atoms with E-state index in [9.17, 15) is 5.11 Å². The van der Waals surface area contributed by atoms with E-state index in [-0.39, 0.29) is 12.1 Å². The second kappa shape index (κ2) is 7.62. The van der Waals surface area contributed by atoms with E-state index in [1.165, 1.54) is 0 Å². The molecule has 2 unspecified atom stereocenters. The third-order valence-corrected chi connectivity index (χ3v) is 3.98. The second-order valence-corrected chi connectivity index (χ2v) is 5.31. The molecule has 1 saturated heterocycles. The summed E-state index contributed by atoms with van der Waals surface area (Å²) >= 11 is 0. The summed E-state index contributed by atoms with van der Waals surface area (Å²) in [6.45, 7) is 9.05. The van der Waals surface area contributed by atoms with Crippen LogP contribution in [-0.4, -0.2) is 48.9 Å². The average Bonchev–Trinajstić information content (AvgIpc) is 2.49. The number of hydrogen-bond donors (Lipinski definition) is 2. The molecule has 1 aliphatic heterocycles. The van der Waals surface area contributed by atoms with Gasteiger partial charge < -0.3 is 15.2 Å². The Balaban J connectivity index is 1.89. The van der Waals surface area contributed by atoms with Gasteiger partial charge in [-0.3, -0.25) is 4.90 Å². The zero-order chi connectivity index (χ0) is 14.4. The number of likely N-dealkylation sites (N-methyl/N-ethyl adjacent to an activating group) is 1. The molecule has 1 aliphatic rings. The van der Waals surface area contributed by atoms with Gasteiger partial charge in [-0.2, -0.15) is 0 Å². The zero-order valence-corrected chi connectivity index (χ0v) is 12.5. The van der Waals surface area contributed by atoms with E-state index in [2.05, 4.69) is 24.1 Å². The van der Waals surface area contributed by atoms with Gasteiger partial charge in [0.1, 0.15) is 5.75 Å². The molecule has 20 heavy (non-hydrogen) atoms.